The molecule has 0 saturated carbocycles. The average Bonchev–Trinajstić information content (AvgIpc) is 2.66. The molecule has 12 heteroatoms. The van der Waals surface area contributed by atoms with Crippen LogP contribution in [0.4, 0.5) is 43.8 Å². The maximum absolute atomic E-state index is 13.2. The minimum atomic E-state index is -4.61. The molecular weight excluding hydrogens is 436 g/mol. The molecule has 1 saturated heterocycles. The van der Waals surface area contributed by atoms with Crippen molar-refractivity contribution in [3.05, 3.63) is 40.5 Å². The van der Waals surface area contributed by atoms with E-state index in [1.165, 1.54) is 11.0 Å². The van der Waals surface area contributed by atoms with Gasteiger partial charge in [-0.15, -0.1) is 0 Å². The van der Waals surface area contributed by atoms with Gasteiger partial charge in [0.1, 0.15) is 5.82 Å². The van der Waals surface area contributed by atoms with Gasteiger partial charge in [-0.2, -0.15) is 31.3 Å². The molecule has 2 heterocycles. The molecule has 0 atom stereocenters. The van der Waals surface area contributed by atoms with Gasteiger partial charge >= 0.3 is 12.4 Å². The maximum atomic E-state index is 13.2. The van der Waals surface area contributed by atoms with E-state index in [2.05, 4.69) is 9.97 Å². The summed E-state index contributed by atoms with van der Waals surface area (Å²) in [6, 6.07) is 3.99. The average molecular weight is 454 g/mol. The van der Waals surface area contributed by atoms with Crippen LogP contribution in [0.5, 0.6) is 0 Å². The van der Waals surface area contributed by atoms with Crippen molar-refractivity contribution in [3.8, 4) is 0 Å². The van der Waals surface area contributed by atoms with Gasteiger partial charge in [-0.1, -0.05) is 11.6 Å². The standard InChI is InChI=1S/C18H18ClF6N5/c1-28(2)15-10-14(18(23,24)25)26-16(27-15)30-7-5-29(6-8-30)13-4-3-11(9-12(13)19)17(20,21)22/h3-4,9-10H,5-8H2,1-2H3. The molecule has 1 aromatic carbocycles. The van der Waals surface area contributed by atoms with Crippen molar-refractivity contribution in [1.29, 1.82) is 0 Å². The molecule has 0 bridgehead atoms. The zero-order chi connectivity index (χ0) is 22.3. The summed E-state index contributed by atoms with van der Waals surface area (Å²) in [5, 5.41) is -0.0384. The minimum Gasteiger partial charge on any atom is -0.367 e. The summed E-state index contributed by atoms with van der Waals surface area (Å²) in [5.74, 6) is 0.0761. The van der Waals surface area contributed by atoms with E-state index < -0.39 is 23.6 Å². The van der Waals surface area contributed by atoms with Crippen LogP contribution in [0, 0.1) is 0 Å². The van der Waals surface area contributed by atoms with E-state index >= 15 is 0 Å². The van der Waals surface area contributed by atoms with Gasteiger partial charge in [0.2, 0.25) is 5.95 Å². The van der Waals surface area contributed by atoms with Gasteiger partial charge in [0, 0.05) is 46.3 Å². The zero-order valence-electron chi connectivity index (χ0n) is 16.0. The lowest BCUT2D eigenvalue weighted by Gasteiger charge is -2.37. The number of nitrogens with zero attached hydrogens (tertiary/aromatic N) is 5. The summed E-state index contributed by atoms with van der Waals surface area (Å²) in [4.78, 5) is 12.7. The van der Waals surface area contributed by atoms with Crippen LogP contribution in [0.3, 0.4) is 0 Å². The highest BCUT2D eigenvalue weighted by Gasteiger charge is 2.35. The number of benzene rings is 1. The van der Waals surface area contributed by atoms with Crippen molar-refractivity contribution in [3.63, 3.8) is 0 Å². The Bertz CT molecular complexity index is 907. The van der Waals surface area contributed by atoms with E-state index in [9.17, 15) is 26.3 Å². The Hall–Kier alpha value is -2.43. The fourth-order valence-electron chi connectivity index (χ4n) is 3.02. The summed E-state index contributed by atoms with van der Waals surface area (Å²) in [6.45, 7) is 1.24. The molecule has 1 aliphatic rings. The van der Waals surface area contributed by atoms with Gasteiger partial charge in [-0.25, -0.2) is 4.98 Å². The van der Waals surface area contributed by atoms with E-state index in [0.29, 0.717) is 18.8 Å². The third-order valence-corrected chi connectivity index (χ3v) is 4.93. The third-order valence-electron chi connectivity index (χ3n) is 4.63. The fraction of sp³-hybridized carbons (Fsp3) is 0.444. The number of hydrogen-bond donors (Lipinski definition) is 0. The molecule has 0 radical (unpaired) electrons. The third kappa shape index (κ3) is 4.82. The molecule has 0 spiro atoms. The van der Waals surface area contributed by atoms with E-state index in [-0.39, 0.29) is 29.9 Å². The predicted molar refractivity (Wildman–Crippen MR) is 102 cm³/mol. The highest BCUT2D eigenvalue weighted by molar-refractivity contribution is 6.33. The highest BCUT2D eigenvalue weighted by Crippen LogP contribution is 2.36. The molecule has 2 aromatic rings. The largest absolute Gasteiger partial charge is 0.433 e. The van der Waals surface area contributed by atoms with Crippen LogP contribution < -0.4 is 14.7 Å². The summed E-state index contributed by atoms with van der Waals surface area (Å²) in [6.07, 6.45) is -9.11. The molecule has 0 N–H and O–H groups in total. The minimum absolute atomic E-state index is 0.0384. The Balaban J connectivity index is 1.78. The Kier molecular flexibility index (Phi) is 5.94. The van der Waals surface area contributed by atoms with Gasteiger partial charge in [0.25, 0.3) is 0 Å². The lowest BCUT2D eigenvalue weighted by Crippen LogP contribution is -2.47. The van der Waals surface area contributed by atoms with Crippen molar-refractivity contribution in [1.82, 2.24) is 9.97 Å². The predicted octanol–water partition coefficient (Wildman–Crippen LogP) is 4.56. The number of hydrogen-bond acceptors (Lipinski definition) is 5. The summed E-state index contributed by atoms with van der Waals surface area (Å²) < 4.78 is 78.0. The second kappa shape index (κ2) is 8.01. The lowest BCUT2D eigenvalue weighted by atomic mass is 10.1. The van der Waals surface area contributed by atoms with Crippen LogP contribution >= 0.6 is 11.6 Å². The number of halogens is 7. The van der Waals surface area contributed by atoms with Crippen LogP contribution in [-0.4, -0.2) is 50.2 Å². The quantitative estimate of drug-likeness (QED) is 0.637. The maximum Gasteiger partial charge on any atom is 0.433 e. The summed E-state index contributed by atoms with van der Waals surface area (Å²) >= 11 is 6.04. The number of aromatic nitrogens is 2. The summed E-state index contributed by atoms with van der Waals surface area (Å²) in [5.41, 5.74) is -1.45. The molecule has 164 valence electrons. The topological polar surface area (TPSA) is 35.5 Å². The van der Waals surface area contributed by atoms with Crippen molar-refractivity contribution in [2.75, 3.05) is 55.0 Å². The molecule has 1 aliphatic heterocycles. The molecule has 0 unspecified atom stereocenters. The van der Waals surface area contributed by atoms with Crippen LogP contribution in [0.2, 0.25) is 5.02 Å². The Labute approximate surface area is 173 Å². The Morgan fingerprint density at radius 2 is 1.47 bits per heavy atom. The van der Waals surface area contributed by atoms with E-state index in [1.54, 1.807) is 23.9 Å². The zero-order valence-corrected chi connectivity index (χ0v) is 16.8. The van der Waals surface area contributed by atoms with Gasteiger partial charge in [-0.05, 0) is 18.2 Å². The number of anilines is 3. The Morgan fingerprint density at radius 1 is 0.867 bits per heavy atom. The first kappa shape index (κ1) is 22.3. The normalized spacial score (nSPS) is 15.5. The number of piperazine rings is 1. The van der Waals surface area contributed by atoms with Crippen LogP contribution in [0.25, 0.3) is 0 Å². The first-order chi connectivity index (χ1) is 13.9. The summed E-state index contributed by atoms with van der Waals surface area (Å²) in [7, 11) is 3.16. The van der Waals surface area contributed by atoms with Crippen LogP contribution in [-0.2, 0) is 12.4 Å². The molecule has 1 aromatic heterocycles. The van der Waals surface area contributed by atoms with Gasteiger partial charge in [0.05, 0.1) is 16.3 Å². The van der Waals surface area contributed by atoms with Gasteiger partial charge in [0.15, 0.2) is 5.69 Å². The molecule has 30 heavy (non-hydrogen) atoms. The number of alkyl halides is 6. The van der Waals surface area contributed by atoms with Crippen molar-refractivity contribution in [2.45, 2.75) is 12.4 Å². The second-order valence-electron chi connectivity index (χ2n) is 6.94. The SMILES string of the molecule is CN(C)c1cc(C(F)(F)F)nc(N2CCN(c3ccc(C(F)(F)F)cc3Cl)CC2)n1. The molecular formula is C18H18ClF6N5. The molecule has 3 rings (SSSR count). The van der Waals surface area contributed by atoms with Crippen LogP contribution in [0.1, 0.15) is 11.3 Å². The van der Waals surface area contributed by atoms with E-state index in [4.69, 9.17) is 11.6 Å². The van der Waals surface area contributed by atoms with Gasteiger partial charge < -0.3 is 14.7 Å². The lowest BCUT2D eigenvalue weighted by molar-refractivity contribution is -0.141. The van der Waals surface area contributed by atoms with E-state index in [0.717, 1.165) is 18.2 Å². The monoisotopic (exact) mass is 453 g/mol. The molecule has 1 fully saturated rings. The molecule has 5 nitrogen and oxygen atoms in total. The molecule has 0 aliphatic carbocycles. The highest BCUT2D eigenvalue weighted by atomic mass is 35.5. The second-order valence-corrected chi connectivity index (χ2v) is 7.35. The fourth-order valence-corrected chi connectivity index (χ4v) is 3.32. The van der Waals surface area contributed by atoms with Crippen LogP contribution in [0.15, 0.2) is 24.3 Å². The molecule has 0 amide bonds. The van der Waals surface area contributed by atoms with Crippen molar-refractivity contribution >= 4 is 29.1 Å². The Morgan fingerprint density at radius 3 is 1.97 bits per heavy atom. The first-order valence-electron chi connectivity index (χ1n) is 8.86. The van der Waals surface area contributed by atoms with Crippen molar-refractivity contribution in [2.24, 2.45) is 0 Å². The number of rotatable bonds is 3. The van der Waals surface area contributed by atoms with Gasteiger partial charge in [-0.3, -0.25) is 0 Å². The van der Waals surface area contributed by atoms with Crippen molar-refractivity contribution < 1.29 is 26.3 Å². The smallest absolute Gasteiger partial charge is 0.367 e. The van der Waals surface area contributed by atoms with E-state index in [1.807, 2.05) is 0 Å². The first-order valence-corrected chi connectivity index (χ1v) is 9.24.